The Bertz CT molecular complexity index is 57.3. The summed E-state index contributed by atoms with van der Waals surface area (Å²) in [4.78, 5) is 2.36. The summed E-state index contributed by atoms with van der Waals surface area (Å²) in [5.41, 5.74) is 0. The normalized spacial score (nSPS) is 23.3. The summed E-state index contributed by atoms with van der Waals surface area (Å²) < 4.78 is 0. The van der Waals surface area contributed by atoms with E-state index in [0.717, 1.165) is 5.92 Å². The van der Waals surface area contributed by atoms with Gasteiger partial charge in [-0.2, -0.15) is 5.92 Å². The van der Waals surface area contributed by atoms with E-state index in [-0.39, 0.29) is 51.4 Å². The summed E-state index contributed by atoms with van der Waals surface area (Å²) in [6.07, 6.45) is 2.58. The van der Waals surface area contributed by atoms with Gasteiger partial charge in [0.15, 0.2) is 0 Å². The predicted octanol–water partition coefficient (Wildman–Crippen LogP) is -1.83. The van der Waals surface area contributed by atoms with Crippen LogP contribution < -0.4 is 51.4 Å². The minimum absolute atomic E-state index is 0. The maximum absolute atomic E-state index is 4.01. The molecule has 0 aromatic heterocycles. The van der Waals surface area contributed by atoms with Gasteiger partial charge >= 0.3 is 51.4 Å². The molecule has 48 valence electrons. The molecule has 2 heteroatoms. The van der Waals surface area contributed by atoms with E-state index in [2.05, 4.69) is 18.9 Å². The van der Waals surface area contributed by atoms with Gasteiger partial charge in [-0.1, -0.05) is 12.8 Å². The first kappa shape index (κ1) is 10.6. The molecule has 0 N–H and O–H groups in total. The first-order chi connectivity index (χ1) is 3.79. The molecule has 0 unspecified atom stereocenters. The van der Waals surface area contributed by atoms with Gasteiger partial charge in [0.1, 0.15) is 0 Å². The smallest absolute Gasteiger partial charge is 0.340 e. The second-order valence-electron chi connectivity index (χ2n) is 2.75. The molecule has 1 fully saturated rings. The summed E-state index contributed by atoms with van der Waals surface area (Å²) in [5.74, 6) is 0.728. The van der Waals surface area contributed by atoms with Crippen molar-refractivity contribution in [2.75, 3.05) is 20.1 Å². The Kier molecular flexibility index (Phi) is 6.21. The van der Waals surface area contributed by atoms with Gasteiger partial charge in [0.2, 0.25) is 0 Å². The maximum Gasteiger partial charge on any atom is 1.00 e. The SMILES string of the molecule is [CH2-]C1CCN(C)CC1.[K+]. The third-order valence-electron chi connectivity index (χ3n) is 1.84. The van der Waals surface area contributed by atoms with Crippen LogP contribution in [0.5, 0.6) is 0 Å². The molecule has 1 rings (SSSR count). The second kappa shape index (κ2) is 5.27. The van der Waals surface area contributed by atoms with Crippen molar-refractivity contribution < 1.29 is 51.4 Å². The van der Waals surface area contributed by atoms with Gasteiger partial charge in [-0.3, -0.25) is 0 Å². The molecule has 1 heterocycles. The van der Waals surface area contributed by atoms with Crippen LogP contribution >= 0.6 is 0 Å². The molecule has 0 spiro atoms. The average Bonchev–Trinajstić information content (AvgIpc) is 1.77. The molecule has 0 aliphatic carbocycles. The van der Waals surface area contributed by atoms with E-state index in [4.69, 9.17) is 0 Å². The molecule has 0 bridgehead atoms. The third kappa shape index (κ3) is 4.12. The Labute approximate surface area is 101 Å². The summed E-state index contributed by atoms with van der Waals surface area (Å²) in [7, 11) is 2.17. The first-order valence-corrected chi connectivity index (χ1v) is 3.30. The predicted molar refractivity (Wildman–Crippen MR) is 35.6 cm³/mol. The molecule has 1 nitrogen and oxygen atoms in total. The molecular formula is C7H14KN. The fourth-order valence-corrected chi connectivity index (χ4v) is 1.06. The van der Waals surface area contributed by atoms with E-state index in [1.807, 2.05) is 0 Å². The van der Waals surface area contributed by atoms with Crippen LogP contribution in [0.15, 0.2) is 0 Å². The topological polar surface area (TPSA) is 3.24 Å². The average molecular weight is 151 g/mol. The molecule has 0 amide bonds. The monoisotopic (exact) mass is 151 g/mol. The molecule has 1 aliphatic rings. The van der Waals surface area contributed by atoms with Gasteiger partial charge in [-0.05, 0) is 20.1 Å². The number of hydrogen-bond donors (Lipinski definition) is 0. The Hall–Kier alpha value is 1.60. The minimum atomic E-state index is 0. The zero-order valence-electron chi connectivity index (χ0n) is 6.56. The first-order valence-electron chi connectivity index (χ1n) is 3.30. The molecule has 0 saturated carbocycles. The van der Waals surface area contributed by atoms with Gasteiger partial charge < -0.3 is 11.8 Å². The van der Waals surface area contributed by atoms with Gasteiger partial charge in [0, 0.05) is 0 Å². The number of hydrogen-bond acceptors (Lipinski definition) is 1. The fourth-order valence-electron chi connectivity index (χ4n) is 1.06. The molecule has 0 aromatic carbocycles. The Morgan fingerprint density at radius 2 is 1.78 bits per heavy atom. The molecule has 0 aromatic rings. The molecule has 1 saturated heterocycles. The van der Waals surface area contributed by atoms with E-state index in [9.17, 15) is 0 Å². The van der Waals surface area contributed by atoms with Crippen LogP contribution in [-0.2, 0) is 0 Å². The van der Waals surface area contributed by atoms with E-state index < -0.39 is 0 Å². The van der Waals surface area contributed by atoms with Crippen LogP contribution in [0.1, 0.15) is 12.8 Å². The van der Waals surface area contributed by atoms with Crippen molar-refractivity contribution in [3.8, 4) is 0 Å². The number of rotatable bonds is 0. The van der Waals surface area contributed by atoms with Crippen LogP contribution in [0.3, 0.4) is 0 Å². The molecule has 9 heavy (non-hydrogen) atoms. The van der Waals surface area contributed by atoms with Gasteiger partial charge in [-0.15, -0.1) is 0 Å². The summed E-state index contributed by atoms with van der Waals surface area (Å²) >= 11 is 0. The summed E-state index contributed by atoms with van der Waals surface area (Å²) in [6.45, 7) is 6.49. The Balaban J connectivity index is 0.000000640. The zero-order chi connectivity index (χ0) is 5.98. The van der Waals surface area contributed by atoms with Crippen molar-refractivity contribution in [2.24, 2.45) is 5.92 Å². The number of likely N-dealkylation sites (tertiary alicyclic amines) is 1. The van der Waals surface area contributed by atoms with Crippen molar-refractivity contribution in [1.29, 1.82) is 0 Å². The van der Waals surface area contributed by atoms with Crippen molar-refractivity contribution in [2.45, 2.75) is 12.8 Å². The Morgan fingerprint density at radius 1 is 1.33 bits per heavy atom. The van der Waals surface area contributed by atoms with Crippen LogP contribution in [0.2, 0.25) is 0 Å². The number of piperidine rings is 1. The molecule has 1 aliphatic heterocycles. The maximum atomic E-state index is 4.01. The summed E-state index contributed by atoms with van der Waals surface area (Å²) in [6, 6.07) is 0. The third-order valence-corrected chi connectivity index (χ3v) is 1.84. The fraction of sp³-hybridized carbons (Fsp3) is 0.857. The number of nitrogens with zero attached hydrogens (tertiary/aromatic N) is 1. The van der Waals surface area contributed by atoms with Gasteiger partial charge in [-0.25, -0.2) is 0 Å². The summed E-state index contributed by atoms with van der Waals surface area (Å²) in [5, 5.41) is 0. The van der Waals surface area contributed by atoms with E-state index in [1.165, 1.54) is 25.9 Å². The molecule has 0 atom stereocenters. The van der Waals surface area contributed by atoms with Gasteiger partial charge in [0.25, 0.3) is 0 Å². The quantitative estimate of drug-likeness (QED) is 0.291. The second-order valence-corrected chi connectivity index (χ2v) is 2.75. The van der Waals surface area contributed by atoms with Crippen LogP contribution in [0.25, 0.3) is 0 Å². The van der Waals surface area contributed by atoms with Gasteiger partial charge in [0.05, 0.1) is 0 Å². The van der Waals surface area contributed by atoms with Crippen molar-refractivity contribution in [3.05, 3.63) is 6.92 Å². The van der Waals surface area contributed by atoms with E-state index in [1.54, 1.807) is 0 Å². The molecule has 0 radical (unpaired) electrons. The van der Waals surface area contributed by atoms with Crippen LogP contribution in [0.4, 0.5) is 0 Å². The minimum Gasteiger partial charge on any atom is -0.340 e. The Morgan fingerprint density at radius 3 is 2.11 bits per heavy atom. The largest absolute Gasteiger partial charge is 1.00 e. The molecular weight excluding hydrogens is 137 g/mol. The van der Waals surface area contributed by atoms with E-state index >= 15 is 0 Å². The van der Waals surface area contributed by atoms with Crippen molar-refractivity contribution >= 4 is 0 Å². The van der Waals surface area contributed by atoms with E-state index in [0.29, 0.717) is 0 Å². The zero-order valence-corrected chi connectivity index (χ0v) is 9.68. The van der Waals surface area contributed by atoms with Crippen molar-refractivity contribution in [1.82, 2.24) is 4.90 Å². The standard InChI is InChI=1S/C7H14N.K/c1-7-3-5-8(2)6-4-7;/h7H,1,3-6H2,2H3;/q-1;+1. The van der Waals surface area contributed by atoms with Crippen molar-refractivity contribution in [3.63, 3.8) is 0 Å². The van der Waals surface area contributed by atoms with Crippen LogP contribution in [0, 0.1) is 12.8 Å². The van der Waals surface area contributed by atoms with Crippen LogP contribution in [-0.4, -0.2) is 25.0 Å².